The van der Waals surface area contributed by atoms with Gasteiger partial charge < -0.3 is 14.7 Å². The van der Waals surface area contributed by atoms with Crippen molar-refractivity contribution in [3.8, 4) is 0 Å². The number of nitrogens with zero attached hydrogens (tertiary/aromatic N) is 4. The Labute approximate surface area is 188 Å². The molecule has 5 rings (SSSR count). The fraction of sp³-hybridized carbons (Fsp3) is 0.636. The number of hydrogen-bond acceptors (Lipinski definition) is 4. The summed E-state index contributed by atoms with van der Waals surface area (Å²) in [6, 6.07) is 5.22. The van der Waals surface area contributed by atoms with Crippen molar-refractivity contribution in [1.82, 2.24) is 19.0 Å². The third-order valence-electron chi connectivity index (χ3n) is 7.39. The molecule has 2 bridgehead atoms. The fourth-order valence-electron chi connectivity index (χ4n) is 5.86. The number of fused-ring (bicyclic) bond motifs is 4. The Morgan fingerprint density at radius 2 is 1.81 bits per heavy atom. The molecule has 4 aliphatic heterocycles. The van der Waals surface area contributed by atoms with Crippen molar-refractivity contribution in [3.05, 3.63) is 30.1 Å². The number of amides is 3. The zero-order valence-electron chi connectivity index (χ0n) is 18.0. The molecule has 4 aliphatic rings. The Morgan fingerprint density at radius 3 is 2.56 bits per heavy atom. The van der Waals surface area contributed by atoms with Crippen LogP contribution in [0.15, 0.2) is 29.2 Å². The van der Waals surface area contributed by atoms with Gasteiger partial charge in [-0.3, -0.25) is 4.79 Å². The van der Waals surface area contributed by atoms with Gasteiger partial charge in [-0.25, -0.2) is 17.6 Å². The van der Waals surface area contributed by atoms with Crippen LogP contribution in [-0.4, -0.2) is 91.2 Å². The topological polar surface area (TPSA) is 81.2 Å². The number of halogens is 1. The molecule has 4 fully saturated rings. The first-order valence-electron chi connectivity index (χ1n) is 11.4. The van der Waals surface area contributed by atoms with Crippen LogP contribution in [0, 0.1) is 17.7 Å². The third-order valence-corrected chi connectivity index (χ3v) is 9.29. The van der Waals surface area contributed by atoms with Crippen molar-refractivity contribution in [2.24, 2.45) is 11.8 Å². The molecule has 0 aromatic heterocycles. The van der Waals surface area contributed by atoms with Crippen molar-refractivity contribution in [3.63, 3.8) is 0 Å². The lowest BCUT2D eigenvalue weighted by Crippen LogP contribution is -2.63. The van der Waals surface area contributed by atoms with Crippen molar-refractivity contribution in [2.45, 2.75) is 36.6 Å². The number of benzene rings is 1. The van der Waals surface area contributed by atoms with Crippen LogP contribution in [0.25, 0.3) is 0 Å². The zero-order chi connectivity index (χ0) is 22.5. The van der Waals surface area contributed by atoms with E-state index in [2.05, 4.69) is 4.90 Å². The second-order valence-corrected chi connectivity index (χ2v) is 11.3. The van der Waals surface area contributed by atoms with Gasteiger partial charge in [0, 0.05) is 58.3 Å². The summed E-state index contributed by atoms with van der Waals surface area (Å²) < 4.78 is 40.5. The first-order chi connectivity index (χ1) is 15.3. The number of piperazine rings is 1. The highest BCUT2D eigenvalue weighted by Crippen LogP contribution is 2.38. The maximum atomic E-state index is 13.5. The van der Waals surface area contributed by atoms with E-state index in [4.69, 9.17) is 0 Å². The van der Waals surface area contributed by atoms with E-state index < -0.39 is 15.8 Å². The molecule has 32 heavy (non-hydrogen) atoms. The van der Waals surface area contributed by atoms with Gasteiger partial charge in [0.1, 0.15) is 5.82 Å². The number of rotatable bonds is 2. The quantitative estimate of drug-likeness (QED) is 0.666. The van der Waals surface area contributed by atoms with Gasteiger partial charge in [-0.15, -0.1) is 0 Å². The number of sulfonamides is 1. The van der Waals surface area contributed by atoms with E-state index in [0.29, 0.717) is 44.4 Å². The van der Waals surface area contributed by atoms with E-state index in [9.17, 15) is 22.4 Å². The standard InChI is InChI=1S/C22H29FN4O4S/c23-18-3-1-4-19(12-18)32(30,31)26-9-7-24(8-10-26)22(29)25-13-16-11-17(15-25)20-5-2-6-21(28)27(20)14-16/h1,3-4,12,16-17,20H,2,5-11,13-15H2/t16-,17-,20-/m1/s1. The normalized spacial score (nSPS) is 29.1. The number of hydrogen-bond donors (Lipinski definition) is 0. The van der Waals surface area contributed by atoms with Crippen LogP contribution in [-0.2, 0) is 14.8 Å². The zero-order valence-corrected chi connectivity index (χ0v) is 18.8. The molecule has 0 unspecified atom stereocenters. The summed E-state index contributed by atoms with van der Waals surface area (Å²) in [4.78, 5) is 31.2. The Hall–Kier alpha value is -2.20. The third kappa shape index (κ3) is 3.87. The summed E-state index contributed by atoms with van der Waals surface area (Å²) in [6.45, 7) is 3.05. The van der Waals surface area contributed by atoms with E-state index in [1.165, 1.54) is 22.5 Å². The van der Waals surface area contributed by atoms with Crippen LogP contribution >= 0.6 is 0 Å². The monoisotopic (exact) mass is 464 g/mol. The van der Waals surface area contributed by atoms with Crippen molar-refractivity contribution >= 4 is 22.0 Å². The van der Waals surface area contributed by atoms with E-state index in [0.717, 1.165) is 31.9 Å². The molecule has 0 aliphatic carbocycles. The number of piperidine rings is 3. The van der Waals surface area contributed by atoms with Gasteiger partial charge in [-0.05, 0) is 49.3 Å². The number of carbonyl (C=O) groups excluding carboxylic acids is 2. The Kier molecular flexibility index (Phi) is 5.61. The van der Waals surface area contributed by atoms with Gasteiger partial charge in [-0.1, -0.05) is 6.07 Å². The summed E-state index contributed by atoms with van der Waals surface area (Å²) in [5.41, 5.74) is 0. The highest BCUT2D eigenvalue weighted by atomic mass is 32.2. The molecule has 1 aromatic carbocycles. The van der Waals surface area contributed by atoms with Gasteiger partial charge in [0.2, 0.25) is 15.9 Å². The molecule has 3 atom stereocenters. The predicted octanol–water partition coefficient (Wildman–Crippen LogP) is 1.58. The molecule has 4 heterocycles. The minimum Gasteiger partial charge on any atom is -0.339 e. The van der Waals surface area contributed by atoms with Gasteiger partial charge in [0.25, 0.3) is 0 Å². The maximum absolute atomic E-state index is 13.5. The SMILES string of the molecule is O=C(N1CCN(S(=O)(=O)c2cccc(F)c2)CC1)N1C[C@H]2C[C@H](C1)[C@H]1CCCC(=O)N1C2. The van der Waals surface area contributed by atoms with Crippen molar-refractivity contribution in [2.75, 3.05) is 45.8 Å². The summed E-state index contributed by atoms with van der Waals surface area (Å²) in [7, 11) is -3.79. The first-order valence-corrected chi connectivity index (χ1v) is 12.9. The molecule has 1 aromatic rings. The van der Waals surface area contributed by atoms with Gasteiger partial charge in [0.15, 0.2) is 0 Å². The first kappa shape index (κ1) is 21.6. The summed E-state index contributed by atoms with van der Waals surface area (Å²) in [6.07, 6.45) is 3.65. The van der Waals surface area contributed by atoms with Gasteiger partial charge in [0.05, 0.1) is 4.90 Å². The number of carbonyl (C=O) groups is 2. The largest absolute Gasteiger partial charge is 0.339 e. The number of likely N-dealkylation sites (tertiary alicyclic amines) is 1. The van der Waals surface area contributed by atoms with Crippen molar-refractivity contribution < 1.29 is 22.4 Å². The molecule has 0 saturated carbocycles. The summed E-state index contributed by atoms with van der Waals surface area (Å²) in [5.74, 6) is 0.302. The molecule has 174 valence electrons. The van der Waals surface area contributed by atoms with E-state index in [1.54, 1.807) is 4.90 Å². The minimum atomic E-state index is -3.79. The highest BCUT2D eigenvalue weighted by Gasteiger charge is 2.45. The summed E-state index contributed by atoms with van der Waals surface area (Å²) >= 11 is 0. The fourth-order valence-corrected chi connectivity index (χ4v) is 7.32. The average Bonchev–Trinajstić information content (AvgIpc) is 2.79. The van der Waals surface area contributed by atoms with Crippen LogP contribution in [0.2, 0.25) is 0 Å². The second-order valence-electron chi connectivity index (χ2n) is 9.40. The van der Waals surface area contributed by atoms with E-state index in [1.807, 2.05) is 4.90 Å². The molecule has 4 saturated heterocycles. The molecule has 8 nitrogen and oxygen atoms in total. The smallest absolute Gasteiger partial charge is 0.320 e. The van der Waals surface area contributed by atoms with Crippen LogP contribution in [0.1, 0.15) is 25.7 Å². The second kappa shape index (κ2) is 8.30. The lowest BCUT2D eigenvalue weighted by molar-refractivity contribution is -0.144. The lowest BCUT2D eigenvalue weighted by atomic mass is 9.76. The highest BCUT2D eigenvalue weighted by molar-refractivity contribution is 7.89. The lowest BCUT2D eigenvalue weighted by Gasteiger charge is -2.53. The van der Waals surface area contributed by atoms with Crippen LogP contribution in [0.4, 0.5) is 9.18 Å². The van der Waals surface area contributed by atoms with Crippen LogP contribution in [0.3, 0.4) is 0 Å². The maximum Gasteiger partial charge on any atom is 0.320 e. The predicted molar refractivity (Wildman–Crippen MR) is 115 cm³/mol. The minimum absolute atomic E-state index is 0.0434. The van der Waals surface area contributed by atoms with Gasteiger partial charge >= 0.3 is 6.03 Å². The average molecular weight is 465 g/mol. The molecular weight excluding hydrogens is 435 g/mol. The molecule has 10 heteroatoms. The Morgan fingerprint density at radius 1 is 1.03 bits per heavy atom. The molecular formula is C22H29FN4O4S. The van der Waals surface area contributed by atoms with E-state index in [-0.39, 0.29) is 36.0 Å². The molecule has 0 N–H and O–H groups in total. The van der Waals surface area contributed by atoms with Crippen molar-refractivity contribution in [1.29, 1.82) is 0 Å². The number of urea groups is 1. The van der Waals surface area contributed by atoms with Crippen LogP contribution < -0.4 is 0 Å². The summed E-state index contributed by atoms with van der Waals surface area (Å²) in [5, 5.41) is 0. The Bertz CT molecular complexity index is 1010. The molecule has 0 radical (unpaired) electrons. The van der Waals surface area contributed by atoms with E-state index >= 15 is 0 Å². The Balaban J connectivity index is 1.21. The molecule has 0 spiro atoms. The van der Waals surface area contributed by atoms with Crippen LogP contribution in [0.5, 0.6) is 0 Å². The molecule has 3 amide bonds. The van der Waals surface area contributed by atoms with Gasteiger partial charge in [-0.2, -0.15) is 4.31 Å².